The van der Waals surface area contributed by atoms with Crippen molar-refractivity contribution in [3.05, 3.63) is 18.0 Å². The molecule has 2 heterocycles. The van der Waals surface area contributed by atoms with Crippen molar-refractivity contribution in [3.8, 4) is 0 Å². The fourth-order valence-electron chi connectivity index (χ4n) is 2.67. The number of nitrogens with one attached hydrogen (secondary N) is 1. The Morgan fingerprint density at radius 2 is 2.17 bits per heavy atom. The van der Waals surface area contributed by atoms with E-state index in [2.05, 4.69) is 40.5 Å². The smallest absolute Gasteiger partial charge is 0.0537 e. The van der Waals surface area contributed by atoms with Gasteiger partial charge in [-0.3, -0.25) is 4.68 Å². The van der Waals surface area contributed by atoms with Crippen LogP contribution in [0, 0.1) is 0 Å². The van der Waals surface area contributed by atoms with Gasteiger partial charge in [0.15, 0.2) is 0 Å². The lowest BCUT2D eigenvalue weighted by atomic mass is 9.99. The SMILES string of the molecule is CNC(CC1CN(C)CCN1C)c1cnn(C)c1. The fourth-order valence-corrected chi connectivity index (χ4v) is 2.67. The molecule has 1 N–H and O–H groups in total. The number of aromatic nitrogens is 2. The lowest BCUT2D eigenvalue weighted by Crippen LogP contribution is -2.50. The largest absolute Gasteiger partial charge is 0.313 e. The highest BCUT2D eigenvalue weighted by atomic mass is 15.3. The van der Waals surface area contributed by atoms with Crippen molar-refractivity contribution in [2.75, 3.05) is 40.8 Å². The number of rotatable bonds is 4. The molecule has 0 bridgehead atoms. The van der Waals surface area contributed by atoms with E-state index in [1.165, 1.54) is 12.1 Å². The zero-order valence-electron chi connectivity index (χ0n) is 11.9. The Morgan fingerprint density at radius 1 is 1.39 bits per heavy atom. The molecule has 0 amide bonds. The van der Waals surface area contributed by atoms with Crippen molar-refractivity contribution in [2.24, 2.45) is 7.05 Å². The molecule has 2 rings (SSSR count). The molecular formula is C13H25N5. The van der Waals surface area contributed by atoms with Crippen LogP contribution in [0.4, 0.5) is 0 Å². The Bertz CT molecular complexity index is 375. The predicted octanol–water partition coefficient (Wildman–Crippen LogP) is 0.317. The predicted molar refractivity (Wildman–Crippen MR) is 73.5 cm³/mol. The van der Waals surface area contributed by atoms with Crippen LogP contribution in [0.3, 0.4) is 0 Å². The van der Waals surface area contributed by atoms with Gasteiger partial charge in [-0.15, -0.1) is 0 Å². The van der Waals surface area contributed by atoms with Gasteiger partial charge in [-0.2, -0.15) is 5.10 Å². The van der Waals surface area contributed by atoms with Crippen molar-refractivity contribution < 1.29 is 0 Å². The molecule has 5 nitrogen and oxygen atoms in total. The third-order valence-electron chi connectivity index (χ3n) is 3.96. The average molecular weight is 251 g/mol. The van der Waals surface area contributed by atoms with Crippen molar-refractivity contribution in [1.29, 1.82) is 0 Å². The summed E-state index contributed by atoms with van der Waals surface area (Å²) in [7, 11) is 8.44. The summed E-state index contributed by atoms with van der Waals surface area (Å²) in [6.45, 7) is 3.48. The first-order valence-electron chi connectivity index (χ1n) is 6.64. The van der Waals surface area contributed by atoms with Gasteiger partial charge in [0.05, 0.1) is 6.20 Å². The Morgan fingerprint density at radius 3 is 2.78 bits per heavy atom. The minimum absolute atomic E-state index is 0.387. The second-order valence-corrected chi connectivity index (χ2v) is 5.42. The van der Waals surface area contributed by atoms with Crippen LogP contribution in [0.2, 0.25) is 0 Å². The second kappa shape index (κ2) is 5.82. The number of nitrogens with zero attached hydrogens (tertiary/aromatic N) is 4. The van der Waals surface area contributed by atoms with E-state index in [0.717, 1.165) is 19.5 Å². The summed E-state index contributed by atoms with van der Waals surface area (Å²) >= 11 is 0. The Kier molecular flexibility index (Phi) is 4.37. The van der Waals surface area contributed by atoms with Gasteiger partial charge in [0.2, 0.25) is 0 Å². The van der Waals surface area contributed by atoms with Gasteiger partial charge in [-0.25, -0.2) is 0 Å². The monoisotopic (exact) mass is 251 g/mol. The molecule has 1 saturated heterocycles. The molecular weight excluding hydrogens is 226 g/mol. The van der Waals surface area contributed by atoms with Crippen LogP contribution in [-0.2, 0) is 7.05 Å². The summed E-state index contributed by atoms with van der Waals surface area (Å²) in [4.78, 5) is 4.89. The molecule has 0 aromatic carbocycles. The van der Waals surface area contributed by atoms with Gasteiger partial charge in [-0.05, 0) is 27.6 Å². The highest BCUT2D eigenvalue weighted by Gasteiger charge is 2.25. The van der Waals surface area contributed by atoms with Crippen LogP contribution in [0.15, 0.2) is 12.4 Å². The van der Waals surface area contributed by atoms with E-state index in [1.54, 1.807) is 0 Å². The first-order valence-corrected chi connectivity index (χ1v) is 6.64. The fraction of sp³-hybridized carbons (Fsp3) is 0.769. The molecule has 1 aromatic heterocycles. The summed E-state index contributed by atoms with van der Waals surface area (Å²) < 4.78 is 1.87. The minimum atomic E-state index is 0.387. The van der Waals surface area contributed by atoms with Crippen LogP contribution in [0.1, 0.15) is 18.0 Å². The molecule has 1 fully saturated rings. The van der Waals surface area contributed by atoms with E-state index >= 15 is 0 Å². The molecule has 102 valence electrons. The molecule has 0 radical (unpaired) electrons. The molecule has 18 heavy (non-hydrogen) atoms. The van der Waals surface area contributed by atoms with Crippen molar-refractivity contribution in [1.82, 2.24) is 24.9 Å². The third kappa shape index (κ3) is 3.10. The molecule has 0 spiro atoms. The molecule has 0 aliphatic carbocycles. The van der Waals surface area contributed by atoms with Gasteiger partial charge >= 0.3 is 0 Å². The van der Waals surface area contributed by atoms with Crippen LogP contribution in [0.25, 0.3) is 0 Å². The minimum Gasteiger partial charge on any atom is -0.313 e. The molecule has 0 saturated carbocycles. The van der Waals surface area contributed by atoms with Gasteiger partial charge in [0.25, 0.3) is 0 Å². The van der Waals surface area contributed by atoms with Crippen molar-refractivity contribution in [2.45, 2.75) is 18.5 Å². The maximum atomic E-state index is 4.27. The maximum absolute atomic E-state index is 4.27. The van der Waals surface area contributed by atoms with E-state index in [0.29, 0.717) is 12.1 Å². The standard InChI is InChI=1S/C13H25N5/c1-14-13(11-8-15-18(4)9-11)7-12-10-16(2)5-6-17(12)3/h8-9,12-14H,5-7,10H2,1-4H3. The second-order valence-electron chi connectivity index (χ2n) is 5.42. The lowest BCUT2D eigenvalue weighted by Gasteiger charge is -2.39. The van der Waals surface area contributed by atoms with E-state index < -0.39 is 0 Å². The van der Waals surface area contributed by atoms with Gasteiger partial charge in [0.1, 0.15) is 0 Å². The van der Waals surface area contributed by atoms with E-state index in [-0.39, 0.29) is 0 Å². The molecule has 2 atom stereocenters. The highest BCUT2D eigenvalue weighted by molar-refractivity contribution is 5.10. The Labute approximate surface area is 110 Å². The van der Waals surface area contributed by atoms with Crippen molar-refractivity contribution in [3.63, 3.8) is 0 Å². The number of hydrogen-bond donors (Lipinski definition) is 1. The zero-order chi connectivity index (χ0) is 13.1. The third-order valence-corrected chi connectivity index (χ3v) is 3.96. The Hall–Kier alpha value is -0.910. The van der Waals surface area contributed by atoms with Gasteiger partial charge < -0.3 is 15.1 Å². The summed E-state index contributed by atoms with van der Waals surface area (Å²) in [5.41, 5.74) is 1.28. The maximum Gasteiger partial charge on any atom is 0.0537 e. The van der Waals surface area contributed by atoms with E-state index in [1.807, 2.05) is 25.0 Å². The molecule has 1 aliphatic rings. The number of aryl methyl sites for hydroxylation is 1. The Balaban J connectivity index is 2.01. The van der Waals surface area contributed by atoms with Gasteiger partial charge in [-0.1, -0.05) is 0 Å². The molecule has 2 unspecified atom stereocenters. The number of piperazine rings is 1. The zero-order valence-corrected chi connectivity index (χ0v) is 11.9. The van der Waals surface area contributed by atoms with Gasteiger partial charge in [0, 0.05) is 50.5 Å². The number of hydrogen-bond acceptors (Lipinski definition) is 4. The molecule has 1 aliphatic heterocycles. The first kappa shape index (κ1) is 13.5. The first-order chi connectivity index (χ1) is 8.60. The topological polar surface area (TPSA) is 36.3 Å². The summed E-state index contributed by atoms with van der Waals surface area (Å²) in [5, 5.41) is 7.68. The van der Waals surface area contributed by atoms with Crippen LogP contribution < -0.4 is 5.32 Å². The van der Waals surface area contributed by atoms with Crippen LogP contribution in [-0.4, -0.2) is 66.4 Å². The number of likely N-dealkylation sites (N-methyl/N-ethyl adjacent to an activating group) is 2. The van der Waals surface area contributed by atoms with E-state index in [9.17, 15) is 0 Å². The van der Waals surface area contributed by atoms with E-state index in [4.69, 9.17) is 0 Å². The molecule has 5 heteroatoms. The van der Waals surface area contributed by atoms with Crippen LogP contribution in [0.5, 0.6) is 0 Å². The average Bonchev–Trinajstić information content (AvgIpc) is 2.77. The van der Waals surface area contributed by atoms with Crippen LogP contribution >= 0.6 is 0 Å². The summed E-state index contributed by atoms with van der Waals surface area (Å²) in [5.74, 6) is 0. The highest BCUT2D eigenvalue weighted by Crippen LogP contribution is 2.21. The quantitative estimate of drug-likeness (QED) is 0.836. The lowest BCUT2D eigenvalue weighted by molar-refractivity contribution is 0.102. The molecule has 1 aromatic rings. The summed E-state index contributed by atoms with van der Waals surface area (Å²) in [6, 6.07) is 0.999. The summed E-state index contributed by atoms with van der Waals surface area (Å²) in [6.07, 6.45) is 5.20. The van der Waals surface area contributed by atoms with Crippen molar-refractivity contribution >= 4 is 0 Å². The normalized spacial score (nSPS) is 24.3.